The molecule has 18 heavy (non-hydrogen) atoms. The van der Waals surface area contributed by atoms with Gasteiger partial charge in [0, 0.05) is 13.1 Å². The van der Waals surface area contributed by atoms with Gasteiger partial charge in [0.25, 0.3) is 0 Å². The van der Waals surface area contributed by atoms with Crippen molar-refractivity contribution >= 4 is 16.0 Å². The lowest BCUT2D eigenvalue weighted by Crippen LogP contribution is -2.41. The minimum Gasteiger partial charge on any atom is -0.261 e. The van der Waals surface area contributed by atoms with Crippen molar-refractivity contribution in [1.82, 2.24) is 14.5 Å². The molecule has 0 saturated carbocycles. The average Bonchev–Trinajstić information content (AvgIpc) is 2.76. The van der Waals surface area contributed by atoms with Gasteiger partial charge in [-0.1, -0.05) is 6.92 Å². The molecule has 0 amide bonds. The van der Waals surface area contributed by atoms with Gasteiger partial charge in [-0.2, -0.15) is 23.1 Å². The highest BCUT2D eigenvalue weighted by Gasteiger charge is 2.27. The summed E-state index contributed by atoms with van der Waals surface area (Å²) in [7, 11) is -3.60. The molecular weight excluding hydrogens is 254 g/mol. The minimum absolute atomic E-state index is 0.121. The van der Waals surface area contributed by atoms with Crippen LogP contribution in [0.2, 0.25) is 0 Å². The van der Waals surface area contributed by atoms with Crippen molar-refractivity contribution < 1.29 is 8.42 Å². The van der Waals surface area contributed by atoms with Gasteiger partial charge in [-0.05, 0) is 18.8 Å². The highest BCUT2D eigenvalue weighted by atomic mass is 32.2. The first-order chi connectivity index (χ1) is 8.53. The van der Waals surface area contributed by atoms with E-state index in [4.69, 9.17) is 5.26 Å². The molecule has 0 radical (unpaired) electrons. The first-order valence-electron chi connectivity index (χ1n) is 5.74. The number of aromatic nitrogens is 2. The van der Waals surface area contributed by atoms with Crippen LogP contribution in [0.1, 0.15) is 25.3 Å². The number of hydrogen-bond donors (Lipinski definition) is 2. The molecule has 0 spiro atoms. The largest absolute Gasteiger partial charge is 0.302 e. The van der Waals surface area contributed by atoms with E-state index in [0.717, 1.165) is 12.8 Å². The SMILES string of the molecule is CC1CCN(S(=O)(=O)Nc2[nH]ncc2C#N)CC1. The highest BCUT2D eigenvalue weighted by Crippen LogP contribution is 2.20. The molecule has 1 fully saturated rings. The average molecular weight is 269 g/mol. The summed E-state index contributed by atoms with van der Waals surface area (Å²) in [6.07, 6.45) is 3.00. The Kier molecular flexibility index (Phi) is 3.54. The van der Waals surface area contributed by atoms with E-state index in [-0.39, 0.29) is 11.4 Å². The van der Waals surface area contributed by atoms with Gasteiger partial charge in [0.05, 0.1) is 6.20 Å². The van der Waals surface area contributed by atoms with Crippen molar-refractivity contribution in [2.45, 2.75) is 19.8 Å². The van der Waals surface area contributed by atoms with Gasteiger partial charge in [0.1, 0.15) is 11.6 Å². The van der Waals surface area contributed by atoms with Gasteiger partial charge in [-0.3, -0.25) is 9.82 Å². The predicted octanol–water partition coefficient (Wildman–Crippen LogP) is 0.670. The third-order valence-electron chi connectivity index (χ3n) is 3.07. The summed E-state index contributed by atoms with van der Waals surface area (Å²) in [5, 5.41) is 14.9. The summed E-state index contributed by atoms with van der Waals surface area (Å²) < 4.78 is 27.9. The molecule has 1 aliphatic rings. The molecule has 2 heterocycles. The number of H-pyrrole nitrogens is 1. The molecule has 0 unspecified atom stereocenters. The van der Waals surface area contributed by atoms with Gasteiger partial charge in [-0.15, -0.1) is 0 Å². The molecule has 2 N–H and O–H groups in total. The second-order valence-electron chi connectivity index (χ2n) is 4.46. The van der Waals surface area contributed by atoms with Gasteiger partial charge in [0.15, 0.2) is 5.82 Å². The summed E-state index contributed by atoms with van der Waals surface area (Å²) in [5.74, 6) is 0.675. The maximum atomic E-state index is 12.1. The van der Waals surface area contributed by atoms with Gasteiger partial charge in [0.2, 0.25) is 0 Å². The van der Waals surface area contributed by atoms with Crippen molar-refractivity contribution in [3.8, 4) is 6.07 Å². The van der Waals surface area contributed by atoms with E-state index in [1.165, 1.54) is 10.5 Å². The second-order valence-corrected chi connectivity index (χ2v) is 6.13. The summed E-state index contributed by atoms with van der Waals surface area (Å²) in [5.41, 5.74) is 0.184. The molecular formula is C10H15N5O2S. The molecule has 0 bridgehead atoms. The van der Waals surface area contributed by atoms with Crippen LogP contribution in [0.25, 0.3) is 0 Å². The predicted molar refractivity (Wildman–Crippen MR) is 65.8 cm³/mol. The zero-order valence-electron chi connectivity index (χ0n) is 10.0. The second kappa shape index (κ2) is 4.96. The number of anilines is 1. The topological polar surface area (TPSA) is 102 Å². The fraction of sp³-hybridized carbons (Fsp3) is 0.600. The standard InChI is InChI=1S/C10H15N5O2S/c1-8-2-4-15(5-3-8)18(16,17)14-10-9(6-11)7-12-13-10/h7-8H,2-5H2,1H3,(H2,12,13,14). The first-order valence-corrected chi connectivity index (χ1v) is 7.18. The van der Waals surface area contributed by atoms with Crippen LogP contribution in [0, 0.1) is 17.2 Å². The molecule has 98 valence electrons. The lowest BCUT2D eigenvalue weighted by atomic mass is 10.0. The van der Waals surface area contributed by atoms with Crippen LogP contribution in [-0.4, -0.2) is 36.0 Å². The van der Waals surface area contributed by atoms with E-state index in [1.54, 1.807) is 0 Å². The van der Waals surface area contributed by atoms with E-state index >= 15 is 0 Å². The molecule has 1 aromatic rings. The molecule has 1 aliphatic heterocycles. The zero-order chi connectivity index (χ0) is 13.2. The summed E-state index contributed by atoms with van der Waals surface area (Å²) in [6.45, 7) is 3.12. The zero-order valence-corrected chi connectivity index (χ0v) is 10.9. The monoisotopic (exact) mass is 269 g/mol. The molecule has 2 rings (SSSR count). The molecule has 8 heteroatoms. The molecule has 0 atom stereocenters. The quantitative estimate of drug-likeness (QED) is 0.841. The van der Waals surface area contributed by atoms with Crippen molar-refractivity contribution in [2.24, 2.45) is 5.92 Å². The van der Waals surface area contributed by atoms with Gasteiger partial charge < -0.3 is 0 Å². The Labute approximate surface area is 106 Å². The number of piperidine rings is 1. The number of nitriles is 1. The summed E-state index contributed by atoms with van der Waals surface area (Å²) in [4.78, 5) is 0. The Morgan fingerprint density at radius 2 is 2.22 bits per heavy atom. The van der Waals surface area contributed by atoms with Gasteiger partial charge in [-0.25, -0.2) is 0 Å². The fourth-order valence-corrected chi connectivity index (χ4v) is 3.10. The fourth-order valence-electron chi connectivity index (χ4n) is 1.87. The minimum atomic E-state index is -3.60. The molecule has 0 aromatic carbocycles. The molecule has 1 saturated heterocycles. The Morgan fingerprint density at radius 1 is 1.56 bits per heavy atom. The Hall–Kier alpha value is -1.59. The number of rotatable bonds is 3. The van der Waals surface area contributed by atoms with E-state index in [0.29, 0.717) is 19.0 Å². The van der Waals surface area contributed by atoms with E-state index in [1.807, 2.05) is 6.07 Å². The van der Waals surface area contributed by atoms with Crippen LogP contribution in [0.4, 0.5) is 5.82 Å². The maximum Gasteiger partial charge on any atom is 0.302 e. The van der Waals surface area contributed by atoms with Crippen LogP contribution in [0.3, 0.4) is 0 Å². The Morgan fingerprint density at radius 3 is 2.83 bits per heavy atom. The summed E-state index contributed by atoms with van der Waals surface area (Å²) >= 11 is 0. The third-order valence-corrected chi connectivity index (χ3v) is 4.58. The van der Waals surface area contributed by atoms with Crippen LogP contribution < -0.4 is 4.72 Å². The van der Waals surface area contributed by atoms with Crippen molar-refractivity contribution in [2.75, 3.05) is 17.8 Å². The normalized spacial score (nSPS) is 18.4. The maximum absolute atomic E-state index is 12.1. The van der Waals surface area contributed by atoms with E-state index in [2.05, 4.69) is 21.8 Å². The Bertz CT molecular complexity index is 551. The van der Waals surface area contributed by atoms with Crippen molar-refractivity contribution in [1.29, 1.82) is 5.26 Å². The first kappa shape index (κ1) is 12.9. The lowest BCUT2D eigenvalue weighted by molar-refractivity contribution is 0.289. The number of aromatic amines is 1. The van der Waals surface area contributed by atoms with Crippen LogP contribution in [0.5, 0.6) is 0 Å². The number of nitrogens with one attached hydrogen (secondary N) is 2. The summed E-state index contributed by atoms with van der Waals surface area (Å²) in [6, 6.07) is 1.87. The molecule has 0 aliphatic carbocycles. The number of hydrogen-bond acceptors (Lipinski definition) is 4. The molecule has 7 nitrogen and oxygen atoms in total. The highest BCUT2D eigenvalue weighted by molar-refractivity contribution is 7.90. The Balaban J connectivity index is 2.11. The van der Waals surface area contributed by atoms with Crippen LogP contribution in [0.15, 0.2) is 6.20 Å². The van der Waals surface area contributed by atoms with E-state index in [9.17, 15) is 8.42 Å². The van der Waals surface area contributed by atoms with Gasteiger partial charge >= 0.3 is 10.2 Å². The number of nitrogens with zero attached hydrogens (tertiary/aromatic N) is 3. The lowest BCUT2D eigenvalue weighted by Gasteiger charge is -2.29. The smallest absolute Gasteiger partial charge is 0.261 e. The van der Waals surface area contributed by atoms with Crippen LogP contribution >= 0.6 is 0 Å². The van der Waals surface area contributed by atoms with Crippen molar-refractivity contribution in [3.63, 3.8) is 0 Å². The van der Waals surface area contributed by atoms with Crippen LogP contribution in [-0.2, 0) is 10.2 Å². The third kappa shape index (κ3) is 2.63. The van der Waals surface area contributed by atoms with Crippen molar-refractivity contribution in [3.05, 3.63) is 11.8 Å². The van der Waals surface area contributed by atoms with E-state index < -0.39 is 10.2 Å². The molecule has 1 aromatic heterocycles.